The first kappa shape index (κ1) is 10.7. The van der Waals surface area contributed by atoms with Crippen molar-refractivity contribution < 1.29 is 0 Å². The van der Waals surface area contributed by atoms with Gasteiger partial charge in [-0.25, -0.2) is 0 Å². The number of rotatable bonds is 2. The summed E-state index contributed by atoms with van der Waals surface area (Å²) < 4.78 is 0. The van der Waals surface area contributed by atoms with Gasteiger partial charge in [0.05, 0.1) is 0 Å². The van der Waals surface area contributed by atoms with Gasteiger partial charge in [-0.15, -0.1) is 0 Å². The summed E-state index contributed by atoms with van der Waals surface area (Å²) in [4.78, 5) is 4.26. The van der Waals surface area contributed by atoms with Gasteiger partial charge in [-0.1, -0.05) is 19.1 Å². The van der Waals surface area contributed by atoms with Crippen molar-refractivity contribution in [1.29, 1.82) is 0 Å². The third-order valence-electron chi connectivity index (χ3n) is 2.82. The van der Waals surface area contributed by atoms with E-state index in [-0.39, 0.29) is 0 Å². The number of pyridine rings is 1. The van der Waals surface area contributed by atoms with Crippen LogP contribution in [-0.2, 0) is 6.42 Å². The molecular weight excluding hydrogens is 196 g/mol. The van der Waals surface area contributed by atoms with E-state index in [0.29, 0.717) is 0 Å². The molecule has 1 aromatic heterocycles. The summed E-state index contributed by atoms with van der Waals surface area (Å²) >= 11 is 0. The lowest BCUT2D eigenvalue weighted by Crippen LogP contribution is -1.94. The van der Waals surface area contributed by atoms with Crippen LogP contribution in [0.5, 0.6) is 0 Å². The molecule has 0 aliphatic carbocycles. The first-order valence-electron chi connectivity index (χ1n) is 5.51. The highest BCUT2D eigenvalue weighted by Gasteiger charge is 2.06. The number of nitrogen functional groups attached to an aromatic ring is 1. The Bertz CT molecular complexity index is 504. The maximum absolute atomic E-state index is 5.81. The van der Waals surface area contributed by atoms with Crippen molar-refractivity contribution >= 4 is 5.69 Å². The zero-order valence-electron chi connectivity index (χ0n) is 9.70. The molecule has 0 spiro atoms. The standard InChI is InChI=1S/C14H16N2/c1-3-13-10(2)8-16-9-14(13)11-5-4-6-12(15)7-11/h4-9H,3,15H2,1-2H3. The maximum atomic E-state index is 5.81. The first-order chi connectivity index (χ1) is 7.72. The van der Waals surface area contributed by atoms with Gasteiger partial charge in [-0.3, -0.25) is 4.98 Å². The van der Waals surface area contributed by atoms with Crippen LogP contribution in [0.15, 0.2) is 36.7 Å². The van der Waals surface area contributed by atoms with Crippen molar-refractivity contribution in [2.45, 2.75) is 20.3 Å². The molecular formula is C14H16N2. The van der Waals surface area contributed by atoms with E-state index in [1.54, 1.807) is 0 Å². The molecule has 82 valence electrons. The van der Waals surface area contributed by atoms with Gasteiger partial charge < -0.3 is 5.73 Å². The second-order valence-corrected chi connectivity index (χ2v) is 3.96. The summed E-state index contributed by atoms with van der Waals surface area (Å²) in [6.07, 6.45) is 4.84. The lowest BCUT2D eigenvalue weighted by molar-refractivity contribution is 1.09. The number of nitrogens with two attached hydrogens (primary N) is 1. The first-order valence-corrected chi connectivity index (χ1v) is 5.51. The summed E-state index contributed by atoms with van der Waals surface area (Å²) in [7, 11) is 0. The molecule has 2 N–H and O–H groups in total. The van der Waals surface area contributed by atoms with E-state index in [2.05, 4.69) is 24.9 Å². The number of anilines is 1. The zero-order chi connectivity index (χ0) is 11.5. The van der Waals surface area contributed by atoms with Crippen LogP contribution in [0.25, 0.3) is 11.1 Å². The Balaban J connectivity index is 2.60. The Hall–Kier alpha value is -1.83. The monoisotopic (exact) mass is 212 g/mol. The van der Waals surface area contributed by atoms with Gasteiger partial charge in [0.15, 0.2) is 0 Å². The van der Waals surface area contributed by atoms with E-state index in [0.717, 1.165) is 17.7 Å². The van der Waals surface area contributed by atoms with Gasteiger partial charge in [0.1, 0.15) is 0 Å². The van der Waals surface area contributed by atoms with Gasteiger partial charge >= 0.3 is 0 Å². The number of aromatic nitrogens is 1. The van der Waals surface area contributed by atoms with Crippen LogP contribution in [0, 0.1) is 6.92 Å². The molecule has 0 fully saturated rings. The lowest BCUT2D eigenvalue weighted by atomic mass is 9.97. The molecule has 16 heavy (non-hydrogen) atoms. The highest BCUT2D eigenvalue weighted by Crippen LogP contribution is 2.26. The molecule has 2 heteroatoms. The molecule has 0 bridgehead atoms. The van der Waals surface area contributed by atoms with E-state index < -0.39 is 0 Å². The summed E-state index contributed by atoms with van der Waals surface area (Å²) in [5.41, 5.74) is 11.5. The average molecular weight is 212 g/mol. The minimum absolute atomic E-state index is 0.793. The third kappa shape index (κ3) is 1.91. The molecule has 0 unspecified atom stereocenters. The SMILES string of the molecule is CCc1c(C)cncc1-c1cccc(N)c1. The van der Waals surface area contributed by atoms with E-state index in [1.165, 1.54) is 16.7 Å². The topological polar surface area (TPSA) is 38.9 Å². The van der Waals surface area contributed by atoms with E-state index in [4.69, 9.17) is 5.73 Å². The smallest absolute Gasteiger partial charge is 0.0349 e. The molecule has 1 heterocycles. The molecule has 0 radical (unpaired) electrons. The fourth-order valence-electron chi connectivity index (χ4n) is 2.02. The number of aryl methyl sites for hydroxylation is 1. The predicted molar refractivity (Wildman–Crippen MR) is 68.2 cm³/mol. The number of hydrogen-bond acceptors (Lipinski definition) is 2. The van der Waals surface area contributed by atoms with Crippen LogP contribution in [0.4, 0.5) is 5.69 Å². The van der Waals surface area contributed by atoms with Crippen LogP contribution >= 0.6 is 0 Å². The van der Waals surface area contributed by atoms with E-state index >= 15 is 0 Å². The van der Waals surface area contributed by atoms with Crippen LogP contribution in [-0.4, -0.2) is 4.98 Å². The van der Waals surface area contributed by atoms with Crippen molar-refractivity contribution in [3.63, 3.8) is 0 Å². The minimum Gasteiger partial charge on any atom is -0.399 e. The average Bonchev–Trinajstić information content (AvgIpc) is 2.28. The molecule has 0 atom stereocenters. The van der Waals surface area contributed by atoms with E-state index in [1.807, 2.05) is 30.6 Å². The molecule has 2 rings (SSSR count). The Morgan fingerprint density at radius 3 is 2.75 bits per heavy atom. The molecule has 2 aromatic rings. The number of benzene rings is 1. The second-order valence-electron chi connectivity index (χ2n) is 3.96. The van der Waals surface area contributed by atoms with Gasteiger partial charge in [0.2, 0.25) is 0 Å². The summed E-state index contributed by atoms with van der Waals surface area (Å²) in [6, 6.07) is 7.95. The molecule has 2 nitrogen and oxygen atoms in total. The maximum Gasteiger partial charge on any atom is 0.0349 e. The van der Waals surface area contributed by atoms with Gasteiger partial charge in [-0.2, -0.15) is 0 Å². The minimum atomic E-state index is 0.793. The van der Waals surface area contributed by atoms with Crippen molar-refractivity contribution in [2.75, 3.05) is 5.73 Å². The van der Waals surface area contributed by atoms with Crippen LogP contribution < -0.4 is 5.73 Å². The molecule has 0 aliphatic heterocycles. The predicted octanol–water partition coefficient (Wildman–Crippen LogP) is 3.20. The zero-order valence-corrected chi connectivity index (χ0v) is 9.70. The summed E-state index contributed by atoms with van der Waals surface area (Å²) in [5.74, 6) is 0. The van der Waals surface area contributed by atoms with E-state index in [9.17, 15) is 0 Å². The van der Waals surface area contributed by atoms with Gasteiger partial charge in [-0.05, 0) is 42.2 Å². The fraction of sp³-hybridized carbons (Fsp3) is 0.214. The molecule has 0 saturated heterocycles. The van der Waals surface area contributed by atoms with Crippen LogP contribution in [0.2, 0.25) is 0 Å². The normalized spacial score (nSPS) is 10.4. The van der Waals surface area contributed by atoms with Gasteiger partial charge in [0, 0.05) is 23.6 Å². The summed E-state index contributed by atoms with van der Waals surface area (Å²) in [6.45, 7) is 4.26. The lowest BCUT2D eigenvalue weighted by Gasteiger charge is -2.10. The molecule has 0 saturated carbocycles. The van der Waals surface area contributed by atoms with Crippen LogP contribution in [0.3, 0.4) is 0 Å². The number of nitrogens with zero attached hydrogens (tertiary/aromatic N) is 1. The second kappa shape index (κ2) is 4.35. The third-order valence-corrected chi connectivity index (χ3v) is 2.82. The Labute approximate surface area is 96.1 Å². The summed E-state index contributed by atoms with van der Waals surface area (Å²) in [5, 5.41) is 0. The quantitative estimate of drug-likeness (QED) is 0.776. The largest absolute Gasteiger partial charge is 0.399 e. The number of hydrogen-bond donors (Lipinski definition) is 1. The Morgan fingerprint density at radius 1 is 1.25 bits per heavy atom. The van der Waals surface area contributed by atoms with Gasteiger partial charge in [0.25, 0.3) is 0 Å². The highest BCUT2D eigenvalue weighted by molar-refractivity contribution is 5.70. The molecule has 0 aliphatic rings. The van der Waals surface area contributed by atoms with Crippen molar-refractivity contribution in [1.82, 2.24) is 4.98 Å². The van der Waals surface area contributed by atoms with Crippen molar-refractivity contribution in [3.05, 3.63) is 47.8 Å². The van der Waals surface area contributed by atoms with Crippen LogP contribution in [0.1, 0.15) is 18.1 Å². The molecule has 0 amide bonds. The Kier molecular flexibility index (Phi) is 2.91. The Morgan fingerprint density at radius 2 is 2.06 bits per heavy atom. The molecule has 1 aromatic carbocycles. The highest BCUT2D eigenvalue weighted by atomic mass is 14.6. The fourth-order valence-corrected chi connectivity index (χ4v) is 2.02. The van der Waals surface area contributed by atoms with Crippen molar-refractivity contribution in [3.8, 4) is 11.1 Å². The van der Waals surface area contributed by atoms with Crippen molar-refractivity contribution in [2.24, 2.45) is 0 Å².